The summed E-state index contributed by atoms with van der Waals surface area (Å²) in [5.74, 6) is -0.217. The number of nitrogens with zero attached hydrogens (tertiary/aromatic N) is 1. The van der Waals surface area contributed by atoms with Crippen molar-refractivity contribution in [2.45, 2.75) is 4.90 Å². The van der Waals surface area contributed by atoms with Gasteiger partial charge >= 0.3 is 0 Å². The van der Waals surface area contributed by atoms with Gasteiger partial charge in [-0.1, -0.05) is 18.2 Å². The third-order valence-electron chi connectivity index (χ3n) is 2.18. The second-order valence-corrected chi connectivity index (χ2v) is 5.95. The van der Waals surface area contributed by atoms with Gasteiger partial charge in [0, 0.05) is 0 Å². The summed E-state index contributed by atoms with van der Waals surface area (Å²) in [4.78, 5) is 11.3. The van der Waals surface area contributed by atoms with Crippen molar-refractivity contribution in [3.05, 3.63) is 53.0 Å². The molecule has 0 bridgehead atoms. The van der Waals surface area contributed by atoms with Crippen LogP contribution in [0.5, 0.6) is 0 Å². The first kappa shape index (κ1) is 12.9. The maximum Gasteiger partial charge on any atom is 0.282 e. The molecule has 0 N–H and O–H groups in total. The Morgan fingerprint density at radius 1 is 1.06 bits per heavy atom. The molecule has 0 saturated carbocycles. The van der Waals surface area contributed by atoms with Gasteiger partial charge in [0.1, 0.15) is 0 Å². The van der Waals surface area contributed by atoms with Gasteiger partial charge in [0.25, 0.3) is 10.0 Å². The third kappa shape index (κ3) is 2.83. The lowest BCUT2D eigenvalue weighted by Crippen LogP contribution is -2.06. The van der Waals surface area contributed by atoms with Crippen LogP contribution >= 0.6 is 15.9 Å². The van der Waals surface area contributed by atoms with Gasteiger partial charge < -0.3 is 0 Å². The molecule has 2 rings (SSSR count). The van der Waals surface area contributed by atoms with E-state index in [1.165, 1.54) is 30.4 Å². The fraction of sp³-hybridized carbons (Fsp3) is 0. The SMILES string of the molecule is O=C1C=CC(=NS(=O)(=O)c2ccccc2)C=C1Br. The molecule has 0 fully saturated rings. The van der Waals surface area contributed by atoms with Crippen molar-refractivity contribution in [3.63, 3.8) is 0 Å². The van der Waals surface area contributed by atoms with Crippen LogP contribution in [0.15, 0.2) is 62.3 Å². The molecule has 0 amide bonds. The predicted molar refractivity (Wildman–Crippen MR) is 72.2 cm³/mol. The van der Waals surface area contributed by atoms with Crippen molar-refractivity contribution >= 4 is 37.4 Å². The van der Waals surface area contributed by atoms with E-state index in [0.717, 1.165) is 0 Å². The largest absolute Gasteiger partial charge is 0.289 e. The van der Waals surface area contributed by atoms with Crippen LogP contribution in [0.3, 0.4) is 0 Å². The van der Waals surface area contributed by atoms with E-state index in [0.29, 0.717) is 0 Å². The van der Waals surface area contributed by atoms with Crippen LogP contribution in [0.2, 0.25) is 0 Å². The number of hydrogen-bond acceptors (Lipinski definition) is 3. The van der Waals surface area contributed by atoms with Crippen LogP contribution in [0, 0.1) is 0 Å². The number of benzene rings is 1. The molecule has 1 aromatic carbocycles. The molecular weight excluding hydrogens is 318 g/mol. The smallest absolute Gasteiger partial charge is 0.282 e. The van der Waals surface area contributed by atoms with Crippen molar-refractivity contribution < 1.29 is 13.2 Å². The molecule has 0 heterocycles. The van der Waals surface area contributed by atoms with Crippen molar-refractivity contribution in [2.75, 3.05) is 0 Å². The second kappa shape index (κ2) is 4.99. The van der Waals surface area contributed by atoms with Crippen LogP contribution < -0.4 is 0 Å². The number of hydrogen-bond donors (Lipinski definition) is 0. The van der Waals surface area contributed by atoms with Crippen LogP contribution in [0.4, 0.5) is 0 Å². The Morgan fingerprint density at radius 3 is 2.33 bits per heavy atom. The molecule has 0 atom stereocenters. The first-order valence-electron chi connectivity index (χ1n) is 4.99. The summed E-state index contributed by atoms with van der Waals surface area (Å²) in [6, 6.07) is 7.91. The molecule has 6 heteroatoms. The van der Waals surface area contributed by atoms with Gasteiger partial charge in [0.2, 0.25) is 0 Å². The first-order chi connectivity index (χ1) is 8.49. The number of sulfonamides is 1. The number of carbonyl (C=O) groups is 1. The van der Waals surface area contributed by atoms with Gasteiger partial charge in [-0.15, -0.1) is 0 Å². The van der Waals surface area contributed by atoms with Gasteiger partial charge in [0.05, 0.1) is 15.1 Å². The summed E-state index contributed by atoms with van der Waals surface area (Å²) in [5, 5.41) is 0. The number of carbonyl (C=O) groups excluding carboxylic acids is 1. The monoisotopic (exact) mass is 325 g/mol. The summed E-state index contributed by atoms with van der Waals surface area (Å²) in [5.41, 5.74) is 0.213. The molecule has 0 aliphatic heterocycles. The third-order valence-corrected chi connectivity index (χ3v) is 4.12. The number of halogens is 1. The van der Waals surface area contributed by atoms with E-state index in [1.807, 2.05) is 0 Å². The minimum Gasteiger partial charge on any atom is -0.289 e. The molecule has 92 valence electrons. The van der Waals surface area contributed by atoms with E-state index in [-0.39, 0.29) is 20.9 Å². The number of ketones is 1. The molecule has 0 radical (unpaired) electrons. The topological polar surface area (TPSA) is 63.6 Å². The molecule has 0 unspecified atom stereocenters. The average molecular weight is 326 g/mol. The van der Waals surface area contributed by atoms with Gasteiger partial charge in [0.15, 0.2) is 5.78 Å². The Bertz CT molecular complexity index is 673. The van der Waals surface area contributed by atoms with Gasteiger partial charge in [-0.25, -0.2) is 0 Å². The highest BCUT2D eigenvalue weighted by Gasteiger charge is 2.15. The van der Waals surface area contributed by atoms with E-state index in [4.69, 9.17) is 0 Å². The van der Waals surface area contributed by atoms with Crippen LogP contribution in [-0.2, 0) is 14.8 Å². The Labute approximate surface area is 113 Å². The van der Waals surface area contributed by atoms with Crippen molar-refractivity contribution in [2.24, 2.45) is 4.40 Å². The van der Waals surface area contributed by atoms with E-state index < -0.39 is 10.0 Å². The molecule has 1 aliphatic rings. The molecule has 0 saturated heterocycles. The zero-order chi connectivity index (χ0) is 13.2. The van der Waals surface area contributed by atoms with E-state index in [9.17, 15) is 13.2 Å². The molecule has 0 aromatic heterocycles. The van der Waals surface area contributed by atoms with Gasteiger partial charge in [-0.05, 0) is 46.3 Å². The lowest BCUT2D eigenvalue weighted by molar-refractivity contribution is -0.110. The molecule has 1 aliphatic carbocycles. The van der Waals surface area contributed by atoms with Crippen molar-refractivity contribution in [1.29, 1.82) is 0 Å². The Balaban J connectivity index is 2.41. The number of allylic oxidation sites excluding steroid dienone is 4. The molecule has 18 heavy (non-hydrogen) atoms. The summed E-state index contributed by atoms with van der Waals surface area (Å²) in [7, 11) is -3.74. The summed E-state index contributed by atoms with van der Waals surface area (Å²) in [6.07, 6.45) is 4.01. The minimum atomic E-state index is -3.74. The first-order valence-corrected chi connectivity index (χ1v) is 7.22. The second-order valence-electron chi connectivity index (χ2n) is 3.49. The Hall–Kier alpha value is -1.53. The predicted octanol–water partition coefficient (Wildman–Crippen LogP) is 2.23. The Kier molecular flexibility index (Phi) is 3.58. The highest BCUT2D eigenvalue weighted by molar-refractivity contribution is 9.12. The quantitative estimate of drug-likeness (QED) is 0.783. The standard InChI is InChI=1S/C12H8BrNO3S/c13-11-8-9(6-7-12(11)15)14-18(16,17)10-4-2-1-3-5-10/h1-8H. The summed E-state index contributed by atoms with van der Waals surface area (Å²) < 4.78 is 27.8. The van der Waals surface area contributed by atoms with Crippen molar-refractivity contribution in [3.8, 4) is 0 Å². The highest BCUT2D eigenvalue weighted by Crippen LogP contribution is 2.16. The maximum absolute atomic E-state index is 11.9. The number of rotatable bonds is 2. The lowest BCUT2D eigenvalue weighted by Gasteiger charge is -2.03. The van der Waals surface area contributed by atoms with Gasteiger partial charge in [-0.2, -0.15) is 12.8 Å². The lowest BCUT2D eigenvalue weighted by atomic mass is 10.2. The van der Waals surface area contributed by atoms with Gasteiger partial charge in [-0.3, -0.25) is 4.79 Å². The summed E-state index contributed by atoms with van der Waals surface area (Å²) in [6.45, 7) is 0. The van der Waals surface area contributed by atoms with E-state index in [1.54, 1.807) is 18.2 Å². The molecular formula is C12H8BrNO3S. The summed E-state index contributed by atoms with van der Waals surface area (Å²) >= 11 is 3.04. The van der Waals surface area contributed by atoms with E-state index in [2.05, 4.69) is 20.3 Å². The normalized spacial score (nSPS) is 17.9. The Morgan fingerprint density at radius 2 is 1.72 bits per heavy atom. The zero-order valence-corrected chi connectivity index (χ0v) is 11.5. The molecule has 1 aromatic rings. The maximum atomic E-state index is 11.9. The highest BCUT2D eigenvalue weighted by atomic mass is 79.9. The zero-order valence-electron chi connectivity index (χ0n) is 9.08. The molecule has 4 nitrogen and oxygen atoms in total. The van der Waals surface area contributed by atoms with Crippen LogP contribution in [-0.4, -0.2) is 19.9 Å². The minimum absolute atomic E-state index is 0.118. The van der Waals surface area contributed by atoms with Crippen LogP contribution in [0.1, 0.15) is 0 Å². The fourth-order valence-electron chi connectivity index (χ4n) is 1.33. The molecule has 0 spiro atoms. The van der Waals surface area contributed by atoms with Crippen LogP contribution in [0.25, 0.3) is 0 Å². The average Bonchev–Trinajstić information content (AvgIpc) is 2.35. The fourth-order valence-corrected chi connectivity index (χ4v) is 2.69. The van der Waals surface area contributed by atoms with E-state index >= 15 is 0 Å². The van der Waals surface area contributed by atoms with Crippen molar-refractivity contribution in [1.82, 2.24) is 0 Å².